The third-order valence-electron chi connectivity index (χ3n) is 3.45. The average molecular weight is 301 g/mol. The smallest absolute Gasteiger partial charge is 0.255 e. The lowest BCUT2D eigenvalue weighted by molar-refractivity contribution is -0.115. The van der Waals surface area contributed by atoms with Gasteiger partial charge in [-0.3, -0.25) is 9.59 Å². The van der Waals surface area contributed by atoms with E-state index in [1.54, 1.807) is 24.3 Å². The van der Waals surface area contributed by atoms with Gasteiger partial charge in [0.15, 0.2) is 0 Å². The third kappa shape index (κ3) is 2.62. The second kappa shape index (κ2) is 5.22. The molecule has 3 rings (SSSR count). The minimum Gasteiger partial charge on any atom is -0.326 e. The highest BCUT2D eigenvalue weighted by molar-refractivity contribution is 6.34. The Morgan fingerprint density at radius 2 is 2.10 bits per heavy atom. The first-order chi connectivity index (χ1) is 10.0. The summed E-state index contributed by atoms with van der Waals surface area (Å²) < 4.78 is 0. The zero-order chi connectivity index (χ0) is 15.0. The molecule has 0 saturated carbocycles. The lowest BCUT2D eigenvalue weighted by Crippen LogP contribution is -2.13. The predicted molar refractivity (Wildman–Crippen MR) is 82.9 cm³/mol. The number of hydrogen-bond donors (Lipinski definition) is 2. The quantitative estimate of drug-likeness (QED) is 0.893. The number of carbonyl (C=O) groups is 2. The summed E-state index contributed by atoms with van der Waals surface area (Å²) in [6.45, 7) is 1.88. The fraction of sp³-hybridized carbons (Fsp3) is 0.125. The highest BCUT2D eigenvalue weighted by atomic mass is 35.5. The first-order valence-corrected chi connectivity index (χ1v) is 6.91. The minimum atomic E-state index is -0.242. The molecule has 2 amide bonds. The first-order valence-electron chi connectivity index (χ1n) is 6.54. The molecule has 2 N–H and O–H groups in total. The second-order valence-electron chi connectivity index (χ2n) is 4.98. The number of aryl methyl sites for hydroxylation is 1. The lowest BCUT2D eigenvalue weighted by atomic mass is 10.1. The van der Waals surface area contributed by atoms with Gasteiger partial charge in [0.2, 0.25) is 5.91 Å². The molecule has 0 saturated heterocycles. The van der Waals surface area contributed by atoms with Crippen LogP contribution in [0, 0.1) is 6.92 Å². The molecule has 1 aliphatic heterocycles. The van der Waals surface area contributed by atoms with Crippen molar-refractivity contribution >= 4 is 34.8 Å². The Balaban J connectivity index is 1.87. The summed E-state index contributed by atoms with van der Waals surface area (Å²) in [6.07, 6.45) is 0.307. The van der Waals surface area contributed by atoms with Crippen LogP contribution in [0.1, 0.15) is 21.5 Å². The number of rotatable bonds is 2. The summed E-state index contributed by atoms with van der Waals surface area (Å²) in [7, 11) is 0. The van der Waals surface area contributed by atoms with E-state index in [0.717, 1.165) is 16.8 Å². The van der Waals surface area contributed by atoms with Crippen molar-refractivity contribution in [3.8, 4) is 0 Å². The molecule has 1 heterocycles. The number of nitrogens with one attached hydrogen (secondary N) is 2. The van der Waals surface area contributed by atoms with Crippen molar-refractivity contribution in [2.45, 2.75) is 13.3 Å². The van der Waals surface area contributed by atoms with E-state index in [1.165, 1.54) is 0 Å². The number of halogens is 1. The molecule has 0 radical (unpaired) electrons. The number of carbonyl (C=O) groups excluding carboxylic acids is 2. The van der Waals surface area contributed by atoms with Crippen molar-refractivity contribution in [2.75, 3.05) is 10.6 Å². The molecule has 2 aromatic rings. The van der Waals surface area contributed by atoms with E-state index in [-0.39, 0.29) is 11.8 Å². The average Bonchev–Trinajstić information content (AvgIpc) is 2.81. The van der Waals surface area contributed by atoms with E-state index < -0.39 is 0 Å². The van der Waals surface area contributed by atoms with Crippen molar-refractivity contribution < 1.29 is 9.59 Å². The van der Waals surface area contributed by atoms with E-state index in [1.807, 2.05) is 19.1 Å². The van der Waals surface area contributed by atoms with Crippen LogP contribution in [0.2, 0.25) is 5.02 Å². The Hall–Kier alpha value is -2.33. The third-order valence-corrected chi connectivity index (χ3v) is 3.77. The number of benzene rings is 2. The SMILES string of the molecule is Cc1cccc(Cl)c1NC(=O)c1ccc2c(c1)CC(=O)N2. The predicted octanol–water partition coefficient (Wildman–Crippen LogP) is 3.40. The van der Waals surface area contributed by atoms with E-state index in [4.69, 9.17) is 11.6 Å². The van der Waals surface area contributed by atoms with Gasteiger partial charge in [0.25, 0.3) is 5.91 Å². The van der Waals surface area contributed by atoms with Gasteiger partial charge in [-0.1, -0.05) is 23.7 Å². The van der Waals surface area contributed by atoms with Crippen LogP contribution in [0.4, 0.5) is 11.4 Å². The molecule has 4 nitrogen and oxygen atoms in total. The lowest BCUT2D eigenvalue weighted by Gasteiger charge is -2.10. The van der Waals surface area contributed by atoms with E-state index in [0.29, 0.717) is 22.7 Å². The van der Waals surface area contributed by atoms with Gasteiger partial charge in [0.05, 0.1) is 17.1 Å². The Kier molecular flexibility index (Phi) is 3.39. The van der Waals surface area contributed by atoms with Gasteiger partial charge in [-0.2, -0.15) is 0 Å². The van der Waals surface area contributed by atoms with E-state index >= 15 is 0 Å². The van der Waals surface area contributed by atoms with Gasteiger partial charge in [-0.05, 0) is 42.3 Å². The Morgan fingerprint density at radius 1 is 1.29 bits per heavy atom. The van der Waals surface area contributed by atoms with Crippen LogP contribution in [0.15, 0.2) is 36.4 Å². The Bertz CT molecular complexity index is 736. The normalized spacial score (nSPS) is 12.8. The van der Waals surface area contributed by atoms with Crippen molar-refractivity contribution in [1.82, 2.24) is 0 Å². The number of para-hydroxylation sites is 1. The molecular formula is C16H13ClN2O2. The largest absolute Gasteiger partial charge is 0.326 e. The molecule has 106 valence electrons. The molecule has 21 heavy (non-hydrogen) atoms. The molecular weight excluding hydrogens is 288 g/mol. The molecule has 0 fully saturated rings. The monoisotopic (exact) mass is 300 g/mol. The minimum absolute atomic E-state index is 0.0514. The van der Waals surface area contributed by atoms with Crippen LogP contribution in [0.5, 0.6) is 0 Å². The summed E-state index contributed by atoms with van der Waals surface area (Å²) >= 11 is 6.10. The van der Waals surface area contributed by atoms with Crippen molar-refractivity contribution in [2.24, 2.45) is 0 Å². The van der Waals surface area contributed by atoms with Crippen molar-refractivity contribution in [3.05, 3.63) is 58.1 Å². The van der Waals surface area contributed by atoms with Crippen LogP contribution in [-0.2, 0) is 11.2 Å². The number of fused-ring (bicyclic) bond motifs is 1. The molecule has 2 aromatic carbocycles. The molecule has 0 bridgehead atoms. The maximum Gasteiger partial charge on any atom is 0.255 e. The Morgan fingerprint density at radius 3 is 2.86 bits per heavy atom. The Labute approximate surface area is 127 Å². The molecule has 0 unspecified atom stereocenters. The highest BCUT2D eigenvalue weighted by Gasteiger charge is 2.19. The summed E-state index contributed by atoms with van der Waals surface area (Å²) in [5.41, 5.74) is 3.62. The number of amides is 2. The topological polar surface area (TPSA) is 58.2 Å². The number of anilines is 2. The van der Waals surface area contributed by atoms with Crippen molar-refractivity contribution in [3.63, 3.8) is 0 Å². The van der Waals surface area contributed by atoms with E-state index in [2.05, 4.69) is 10.6 Å². The van der Waals surface area contributed by atoms with Crippen LogP contribution in [0.3, 0.4) is 0 Å². The summed E-state index contributed by atoms with van der Waals surface area (Å²) in [5, 5.41) is 6.06. The van der Waals surface area contributed by atoms with Gasteiger partial charge in [-0.15, -0.1) is 0 Å². The molecule has 0 aliphatic carbocycles. The van der Waals surface area contributed by atoms with E-state index in [9.17, 15) is 9.59 Å². The van der Waals surface area contributed by atoms with Crippen LogP contribution < -0.4 is 10.6 Å². The highest BCUT2D eigenvalue weighted by Crippen LogP contribution is 2.27. The van der Waals surface area contributed by atoms with Gasteiger partial charge in [0, 0.05) is 11.3 Å². The van der Waals surface area contributed by atoms with Crippen LogP contribution in [-0.4, -0.2) is 11.8 Å². The zero-order valence-electron chi connectivity index (χ0n) is 11.4. The summed E-state index contributed by atoms with van der Waals surface area (Å²) in [6, 6.07) is 10.6. The van der Waals surface area contributed by atoms with Crippen LogP contribution in [0.25, 0.3) is 0 Å². The molecule has 5 heteroatoms. The zero-order valence-corrected chi connectivity index (χ0v) is 12.1. The fourth-order valence-electron chi connectivity index (χ4n) is 2.35. The van der Waals surface area contributed by atoms with Crippen LogP contribution >= 0.6 is 11.6 Å². The number of hydrogen-bond acceptors (Lipinski definition) is 2. The van der Waals surface area contributed by atoms with Gasteiger partial charge in [0.1, 0.15) is 0 Å². The molecule has 1 aliphatic rings. The maximum atomic E-state index is 12.3. The fourth-order valence-corrected chi connectivity index (χ4v) is 2.62. The van der Waals surface area contributed by atoms with Gasteiger partial charge >= 0.3 is 0 Å². The first kappa shape index (κ1) is 13.6. The standard InChI is InChI=1S/C16H13ClN2O2/c1-9-3-2-4-12(17)15(9)19-16(21)10-5-6-13-11(7-10)8-14(20)18-13/h2-7H,8H2,1H3,(H,18,20)(H,19,21). The molecule has 0 spiro atoms. The summed E-state index contributed by atoms with van der Waals surface area (Å²) in [4.78, 5) is 23.7. The van der Waals surface area contributed by atoms with Crippen molar-refractivity contribution in [1.29, 1.82) is 0 Å². The molecule has 0 atom stereocenters. The van der Waals surface area contributed by atoms with Gasteiger partial charge < -0.3 is 10.6 Å². The summed E-state index contributed by atoms with van der Waals surface area (Å²) in [5.74, 6) is -0.294. The second-order valence-corrected chi connectivity index (χ2v) is 5.39. The molecule has 0 aromatic heterocycles. The van der Waals surface area contributed by atoms with Gasteiger partial charge in [-0.25, -0.2) is 0 Å². The maximum absolute atomic E-state index is 12.3.